The maximum atomic E-state index is 10.8. The molecule has 0 fully saturated rings. The second-order valence-electron chi connectivity index (χ2n) is 3.12. The molecule has 17 heavy (non-hydrogen) atoms. The molecule has 1 heterocycles. The minimum Gasteiger partial charge on any atom is -0.497 e. The molecule has 4 nitrogen and oxygen atoms in total. The summed E-state index contributed by atoms with van der Waals surface area (Å²) in [7, 11) is 1.60. The van der Waals surface area contributed by atoms with Gasteiger partial charge in [0.25, 0.3) is 0 Å². The fourth-order valence-electron chi connectivity index (χ4n) is 1.27. The average Bonchev–Trinajstić information content (AvgIpc) is 2.78. The minimum atomic E-state index is -0.351. The van der Waals surface area contributed by atoms with E-state index in [4.69, 9.17) is 4.74 Å². The van der Waals surface area contributed by atoms with Crippen molar-refractivity contribution in [3.05, 3.63) is 45.8 Å². The van der Waals surface area contributed by atoms with E-state index in [1.165, 1.54) is 11.8 Å². The van der Waals surface area contributed by atoms with Gasteiger partial charge in [-0.3, -0.25) is 10.1 Å². The molecule has 0 N–H and O–H groups in total. The summed E-state index contributed by atoms with van der Waals surface area (Å²) in [5.41, 5.74) is 0. The molecular formula is C11H9NO3S2. The molecule has 1 aromatic heterocycles. The summed E-state index contributed by atoms with van der Waals surface area (Å²) in [6.45, 7) is 0. The SMILES string of the molecule is COc1ccc(Sc2ccsc2[N+](=O)[O-])cc1. The summed E-state index contributed by atoms with van der Waals surface area (Å²) in [4.78, 5) is 12.0. The fourth-order valence-corrected chi connectivity index (χ4v) is 3.05. The summed E-state index contributed by atoms with van der Waals surface area (Å²) < 4.78 is 5.05. The van der Waals surface area contributed by atoms with Crippen LogP contribution in [0.4, 0.5) is 5.00 Å². The Morgan fingerprint density at radius 2 is 2.00 bits per heavy atom. The van der Waals surface area contributed by atoms with E-state index in [1.807, 2.05) is 24.3 Å². The molecule has 0 unspecified atom stereocenters. The van der Waals surface area contributed by atoms with E-state index in [0.29, 0.717) is 4.90 Å². The Bertz CT molecular complexity index is 522. The Kier molecular flexibility index (Phi) is 3.65. The van der Waals surface area contributed by atoms with Crippen LogP contribution in [0.5, 0.6) is 5.75 Å². The van der Waals surface area contributed by atoms with E-state index < -0.39 is 0 Å². The number of benzene rings is 1. The Labute approximate surface area is 106 Å². The first-order chi connectivity index (χ1) is 8.20. The topological polar surface area (TPSA) is 52.4 Å². The third-order valence-corrected chi connectivity index (χ3v) is 4.11. The predicted molar refractivity (Wildman–Crippen MR) is 68.1 cm³/mol. The molecule has 0 atom stereocenters. The van der Waals surface area contributed by atoms with Crippen molar-refractivity contribution in [2.24, 2.45) is 0 Å². The molecule has 2 rings (SSSR count). The van der Waals surface area contributed by atoms with Crippen molar-refractivity contribution in [3.63, 3.8) is 0 Å². The molecule has 0 aliphatic heterocycles. The molecule has 0 spiro atoms. The van der Waals surface area contributed by atoms with E-state index in [1.54, 1.807) is 18.6 Å². The first-order valence-electron chi connectivity index (χ1n) is 4.74. The van der Waals surface area contributed by atoms with E-state index in [0.717, 1.165) is 22.0 Å². The van der Waals surface area contributed by atoms with Gasteiger partial charge >= 0.3 is 5.00 Å². The van der Waals surface area contributed by atoms with Gasteiger partial charge in [-0.25, -0.2) is 0 Å². The van der Waals surface area contributed by atoms with E-state index in [9.17, 15) is 10.1 Å². The van der Waals surface area contributed by atoms with Gasteiger partial charge in [0.05, 0.1) is 12.0 Å². The first kappa shape index (κ1) is 11.9. The van der Waals surface area contributed by atoms with Gasteiger partial charge in [-0.05, 0) is 35.7 Å². The monoisotopic (exact) mass is 267 g/mol. The summed E-state index contributed by atoms with van der Waals surface area (Å²) >= 11 is 2.52. The Hall–Kier alpha value is -1.53. The molecule has 0 amide bonds. The molecule has 1 aromatic carbocycles. The molecule has 88 valence electrons. The Balaban J connectivity index is 2.19. The summed E-state index contributed by atoms with van der Waals surface area (Å²) in [5.74, 6) is 0.772. The number of thiophene rings is 1. The third-order valence-electron chi connectivity index (χ3n) is 2.06. The third kappa shape index (κ3) is 2.78. The number of hydrogen-bond acceptors (Lipinski definition) is 5. The lowest BCUT2D eigenvalue weighted by molar-refractivity contribution is -0.382. The van der Waals surface area contributed by atoms with Gasteiger partial charge < -0.3 is 4.74 Å². The van der Waals surface area contributed by atoms with Gasteiger partial charge in [-0.2, -0.15) is 0 Å². The van der Waals surface area contributed by atoms with Gasteiger partial charge in [-0.15, -0.1) is 0 Å². The van der Waals surface area contributed by atoms with Crippen LogP contribution < -0.4 is 4.74 Å². The molecular weight excluding hydrogens is 258 g/mol. The smallest absolute Gasteiger partial charge is 0.337 e. The number of nitro groups is 1. The van der Waals surface area contributed by atoms with E-state index in [2.05, 4.69) is 0 Å². The van der Waals surface area contributed by atoms with Crippen molar-refractivity contribution in [1.29, 1.82) is 0 Å². The lowest BCUT2D eigenvalue weighted by atomic mass is 10.3. The van der Waals surface area contributed by atoms with Gasteiger partial charge in [0.2, 0.25) is 0 Å². The zero-order chi connectivity index (χ0) is 12.3. The molecule has 0 saturated heterocycles. The van der Waals surface area contributed by atoms with Crippen LogP contribution in [0.25, 0.3) is 0 Å². The highest BCUT2D eigenvalue weighted by Gasteiger charge is 2.16. The quantitative estimate of drug-likeness (QED) is 0.624. The minimum absolute atomic E-state index is 0.186. The van der Waals surface area contributed by atoms with Crippen molar-refractivity contribution in [2.45, 2.75) is 9.79 Å². The van der Waals surface area contributed by atoms with Crippen molar-refractivity contribution in [3.8, 4) is 5.75 Å². The van der Waals surface area contributed by atoms with Gasteiger partial charge in [0.15, 0.2) is 0 Å². The molecule has 0 radical (unpaired) electrons. The Morgan fingerprint density at radius 3 is 2.59 bits per heavy atom. The largest absolute Gasteiger partial charge is 0.497 e. The van der Waals surface area contributed by atoms with Crippen LogP contribution in [0.2, 0.25) is 0 Å². The predicted octanol–water partition coefficient (Wildman–Crippen LogP) is 3.82. The van der Waals surface area contributed by atoms with Crippen LogP contribution in [-0.2, 0) is 0 Å². The van der Waals surface area contributed by atoms with Crippen molar-refractivity contribution < 1.29 is 9.66 Å². The van der Waals surface area contributed by atoms with Crippen molar-refractivity contribution in [2.75, 3.05) is 7.11 Å². The zero-order valence-corrected chi connectivity index (χ0v) is 10.6. The molecule has 0 bridgehead atoms. The maximum absolute atomic E-state index is 10.8. The second-order valence-corrected chi connectivity index (χ2v) is 5.13. The van der Waals surface area contributed by atoms with Crippen LogP contribution in [0.3, 0.4) is 0 Å². The van der Waals surface area contributed by atoms with E-state index >= 15 is 0 Å². The number of hydrogen-bond donors (Lipinski definition) is 0. The molecule has 0 aliphatic carbocycles. The van der Waals surface area contributed by atoms with Gasteiger partial charge in [0, 0.05) is 4.90 Å². The van der Waals surface area contributed by atoms with Crippen molar-refractivity contribution >= 4 is 28.1 Å². The summed E-state index contributed by atoms with van der Waals surface area (Å²) in [5, 5.41) is 12.7. The number of methoxy groups -OCH3 is 1. The van der Waals surface area contributed by atoms with Crippen LogP contribution in [0.1, 0.15) is 0 Å². The van der Waals surface area contributed by atoms with Crippen LogP contribution in [-0.4, -0.2) is 12.0 Å². The standard InChI is InChI=1S/C11H9NO3S2/c1-15-8-2-4-9(5-3-8)17-10-6-7-16-11(10)12(13)14/h2-7H,1H3. The maximum Gasteiger partial charge on any atom is 0.337 e. The summed E-state index contributed by atoms with van der Waals surface area (Å²) in [6, 6.07) is 9.19. The normalized spacial score (nSPS) is 10.2. The zero-order valence-electron chi connectivity index (χ0n) is 8.95. The fraction of sp³-hybridized carbons (Fsp3) is 0.0909. The average molecular weight is 267 g/mol. The number of nitrogens with zero attached hydrogens (tertiary/aromatic N) is 1. The molecule has 6 heteroatoms. The van der Waals surface area contributed by atoms with Gasteiger partial charge in [0.1, 0.15) is 10.6 Å². The second kappa shape index (κ2) is 5.20. The van der Waals surface area contributed by atoms with Crippen LogP contribution >= 0.6 is 23.1 Å². The first-order valence-corrected chi connectivity index (χ1v) is 6.44. The molecule has 0 aliphatic rings. The van der Waals surface area contributed by atoms with Crippen LogP contribution in [0, 0.1) is 10.1 Å². The summed E-state index contributed by atoms with van der Waals surface area (Å²) in [6.07, 6.45) is 0. The van der Waals surface area contributed by atoms with E-state index in [-0.39, 0.29) is 9.92 Å². The molecule has 0 saturated carbocycles. The highest BCUT2D eigenvalue weighted by Crippen LogP contribution is 2.38. The van der Waals surface area contributed by atoms with Crippen LogP contribution in [0.15, 0.2) is 45.5 Å². The Morgan fingerprint density at radius 1 is 1.29 bits per heavy atom. The van der Waals surface area contributed by atoms with Gasteiger partial charge in [-0.1, -0.05) is 23.1 Å². The lowest BCUT2D eigenvalue weighted by Crippen LogP contribution is -1.85. The van der Waals surface area contributed by atoms with Crippen molar-refractivity contribution in [1.82, 2.24) is 0 Å². The molecule has 2 aromatic rings. The number of ether oxygens (including phenoxy) is 1. The number of rotatable bonds is 4. The highest BCUT2D eigenvalue weighted by molar-refractivity contribution is 7.99. The highest BCUT2D eigenvalue weighted by atomic mass is 32.2. The lowest BCUT2D eigenvalue weighted by Gasteiger charge is -2.01.